The third-order valence-corrected chi connectivity index (χ3v) is 2.05. The number of halogens is 1. The predicted octanol–water partition coefficient (Wildman–Crippen LogP) is 3.17. The Labute approximate surface area is 82.8 Å². The predicted molar refractivity (Wildman–Crippen MR) is 54.6 cm³/mol. The summed E-state index contributed by atoms with van der Waals surface area (Å²) in [5.74, 6) is 0.200. The molecule has 0 saturated carbocycles. The second kappa shape index (κ2) is 4.28. The van der Waals surface area contributed by atoms with Crippen LogP contribution in [0, 0.1) is 5.92 Å². The Balaban J connectivity index is 3.00. The molecule has 0 heterocycles. The molecule has 0 aliphatic rings. The fourth-order valence-corrected chi connectivity index (χ4v) is 1.25. The van der Waals surface area contributed by atoms with Gasteiger partial charge >= 0.3 is 0 Å². The van der Waals surface area contributed by atoms with Gasteiger partial charge in [0.2, 0.25) is 0 Å². The molecule has 0 spiro atoms. The highest BCUT2D eigenvalue weighted by Crippen LogP contribution is 2.13. The lowest BCUT2D eigenvalue weighted by molar-refractivity contribution is 0.316. The van der Waals surface area contributed by atoms with E-state index in [1.165, 1.54) is 0 Å². The standard InChI is InChI=1S/C10H12ClNO/c1-7(2)10(12-13)8-3-5-9(11)6-4-8/h3-7,13H,1-2H3/b12-10-. The van der Waals surface area contributed by atoms with Crippen LogP contribution in [0.2, 0.25) is 5.02 Å². The monoisotopic (exact) mass is 197 g/mol. The highest BCUT2D eigenvalue weighted by atomic mass is 35.5. The SMILES string of the molecule is CC(C)/C(=N/O)c1ccc(Cl)cc1. The molecule has 3 heteroatoms. The van der Waals surface area contributed by atoms with Crippen molar-refractivity contribution >= 4 is 17.3 Å². The van der Waals surface area contributed by atoms with E-state index >= 15 is 0 Å². The van der Waals surface area contributed by atoms with E-state index in [9.17, 15) is 0 Å². The average molecular weight is 198 g/mol. The Bertz CT molecular complexity index is 303. The molecule has 0 aromatic heterocycles. The molecule has 0 aliphatic heterocycles. The number of nitrogens with zero attached hydrogens (tertiary/aromatic N) is 1. The molecule has 2 nitrogen and oxygen atoms in total. The van der Waals surface area contributed by atoms with Crippen molar-refractivity contribution < 1.29 is 5.21 Å². The topological polar surface area (TPSA) is 32.6 Å². The van der Waals surface area contributed by atoms with Gasteiger partial charge in [-0.05, 0) is 23.6 Å². The van der Waals surface area contributed by atoms with E-state index in [1.54, 1.807) is 12.1 Å². The normalized spacial score (nSPS) is 12.2. The van der Waals surface area contributed by atoms with Gasteiger partial charge in [0.05, 0.1) is 5.71 Å². The van der Waals surface area contributed by atoms with Crippen molar-refractivity contribution in [3.8, 4) is 0 Å². The molecule has 0 amide bonds. The first-order chi connectivity index (χ1) is 6.15. The van der Waals surface area contributed by atoms with Crippen LogP contribution in [0.3, 0.4) is 0 Å². The Morgan fingerprint density at radius 3 is 2.23 bits per heavy atom. The van der Waals surface area contributed by atoms with E-state index in [-0.39, 0.29) is 5.92 Å². The number of oxime groups is 1. The quantitative estimate of drug-likeness (QED) is 0.441. The molecular weight excluding hydrogens is 186 g/mol. The van der Waals surface area contributed by atoms with Gasteiger partial charge in [-0.15, -0.1) is 0 Å². The summed E-state index contributed by atoms with van der Waals surface area (Å²) < 4.78 is 0. The van der Waals surface area contributed by atoms with E-state index < -0.39 is 0 Å². The molecule has 70 valence electrons. The zero-order valence-corrected chi connectivity index (χ0v) is 8.42. The maximum absolute atomic E-state index is 8.77. The Morgan fingerprint density at radius 1 is 1.31 bits per heavy atom. The van der Waals surface area contributed by atoms with Crippen LogP contribution in [0.15, 0.2) is 29.4 Å². The fourth-order valence-electron chi connectivity index (χ4n) is 1.13. The second-order valence-corrected chi connectivity index (χ2v) is 3.58. The molecule has 1 rings (SSSR count). The minimum atomic E-state index is 0.200. The van der Waals surface area contributed by atoms with Gasteiger partial charge in [0.25, 0.3) is 0 Å². The number of hydrogen-bond donors (Lipinski definition) is 1. The number of rotatable bonds is 2. The van der Waals surface area contributed by atoms with Crippen LogP contribution in [0.4, 0.5) is 0 Å². The highest BCUT2D eigenvalue weighted by molar-refractivity contribution is 6.30. The van der Waals surface area contributed by atoms with Gasteiger partial charge in [0.15, 0.2) is 0 Å². The molecule has 1 aromatic carbocycles. The smallest absolute Gasteiger partial charge is 0.0893 e. The summed E-state index contributed by atoms with van der Waals surface area (Å²) in [5, 5.41) is 12.7. The zero-order chi connectivity index (χ0) is 9.84. The van der Waals surface area contributed by atoms with Crippen LogP contribution in [-0.2, 0) is 0 Å². The van der Waals surface area contributed by atoms with Crippen LogP contribution in [0.5, 0.6) is 0 Å². The molecule has 13 heavy (non-hydrogen) atoms. The van der Waals surface area contributed by atoms with E-state index in [1.807, 2.05) is 26.0 Å². The maximum Gasteiger partial charge on any atom is 0.0893 e. The first-order valence-corrected chi connectivity index (χ1v) is 4.51. The van der Waals surface area contributed by atoms with Crippen LogP contribution in [-0.4, -0.2) is 10.9 Å². The molecule has 1 N–H and O–H groups in total. The molecule has 1 aromatic rings. The van der Waals surface area contributed by atoms with Crippen molar-refractivity contribution in [2.75, 3.05) is 0 Å². The van der Waals surface area contributed by atoms with Gasteiger partial charge < -0.3 is 5.21 Å². The summed E-state index contributed by atoms with van der Waals surface area (Å²) in [6.45, 7) is 3.95. The minimum Gasteiger partial charge on any atom is -0.411 e. The van der Waals surface area contributed by atoms with Crippen LogP contribution < -0.4 is 0 Å². The van der Waals surface area contributed by atoms with Crippen molar-refractivity contribution in [2.24, 2.45) is 11.1 Å². The van der Waals surface area contributed by atoms with E-state index in [4.69, 9.17) is 16.8 Å². The van der Waals surface area contributed by atoms with Gasteiger partial charge in [-0.25, -0.2) is 0 Å². The van der Waals surface area contributed by atoms with Crippen molar-refractivity contribution in [3.05, 3.63) is 34.9 Å². The van der Waals surface area contributed by atoms with Crippen LogP contribution in [0.25, 0.3) is 0 Å². The van der Waals surface area contributed by atoms with E-state index in [2.05, 4.69) is 5.16 Å². The average Bonchev–Trinajstić information content (AvgIpc) is 2.09. The third kappa shape index (κ3) is 2.46. The Morgan fingerprint density at radius 2 is 1.85 bits per heavy atom. The summed E-state index contributed by atoms with van der Waals surface area (Å²) in [7, 11) is 0. The largest absolute Gasteiger partial charge is 0.411 e. The van der Waals surface area contributed by atoms with Gasteiger partial charge in [0, 0.05) is 5.02 Å². The lowest BCUT2D eigenvalue weighted by Crippen LogP contribution is -2.08. The number of hydrogen-bond acceptors (Lipinski definition) is 2. The highest BCUT2D eigenvalue weighted by Gasteiger charge is 2.08. The summed E-state index contributed by atoms with van der Waals surface area (Å²) in [4.78, 5) is 0. The molecular formula is C10H12ClNO. The summed E-state index contributed by atoms with van der Waals surface area (Å²) >= 11 is 5.74. The summed E-state index contributed by atoms with van der Waals surface area (Å²) in [6.07, 6.45) is 0. The van der Waals surface area contributed by atoms with Crippen molar-refractivity contribution in [2.45, 2.75) is 13.8 Å². The molecule has 0 bridgehead atoms. The molecule has 0 atom stereocenters. The third-order valence-electron chi connectivity index (χ3n) is 1.79. The molecule has 0 aliphatic carbocycles. The van der Waals surface area contributed by atoms with Crippen molar-refractivity contribution in [3.63, 3.8) is 0 Å². The van der Waals surface area contributed by atoms with Gasteiger partial charge in [-0.3, -0.25) is 0 Å². The van der Waals surface area contributed by atoms with E-state index in [0.717, 1.165) is 5.56 Å². The van der Waals surface area contributed by atoms with Crippen LogP contribution in [0.1, 0.15) is 19.4 Å². The van der Waals surface area contributed by atoms with Crippen molar-refractivity contribution in [1.82, 2.24) is 0 Å². The Kier molecular flexibility index (Phi) is 3.32. The lowest BCUT2D eigenvalue weighted by atomic mass is 10.0. The molecule has 0 radical (unpaired) electrons. The van der Waals surface area contributed by atoms with E-state index in [0.29, 0.717) is 10.7 Å². The summed E-state index contributed by atoms with van der Waals surface area (Å²) in [5.41, 5.74) is 1.58. The first-order valence-electron chi connectivity index (χ1n) is 4.13. The van der Waals surface area contributed by atoms with Gasteiger partial charge in [0.1, 0.15) is 0 Å². The number of benzene rings is 1. The second-order valence-electron chi connectivity index (χ2n) is 3.15. The molecule has 0 fully saturated rings. The first kappa shape index (κ1) is 10.1. The van der Waals surface area contributed by atoms with Crippen molar-refractivity contribution in [1.29, 1.82) is 0 Å². The maximum atomic E-state index is 8.77. The minimum absolute atomic E-state index is 0.200. The van der Waals surface area contributed by atoms with Gasteiger partial charge in [-0.1, -0.05) is 42.7 Å². The Hall–Kier alpha value is -1.02. The van der Waals surface area contributed by atoms with Gasteiger partial charge in [-0.2, -0.15) is 0 Å². The van der Waals surface area contributed by atoms with Crippen LogP contribution >= 0.6 is 11.6 Å². The lowest BCUT2D eigenvalue weighted by Gasteiger charge is -2.07. The molecule has 0 unspecified atom stereocenters. The summed E-state index contributed by atoms with van der Waals surface area (Å²) in [6, 6.07) is 7.25. The fraction of sp³-hybridized carbons (Fsp3) is 0.300. The zero-order valence-electron chi connectivity index (χ0n) is 7.66. The molecule has 0 saturated heterocycles.